The Morgan fingerprint density at radius 1 is 1.13 bits per heavy atom. The number of aromatic nitrogens is 2. The highest BCUT2D eigenvalue weighted by atomic mass is 32.1. The minimum absolute atomic E-state index is 0.143. The lowest BCUT2D eigenvalue weighted by Crippen LogP contribution is -2.43. The maximum Gasteiger partial charge on any atom is 0.252 e. The van der Waals surface area contributed by atoms with Crippen molar-refractivity contribution in [3.63, 3.8) is 0 Å². The molecule has 2 aromatic heterocycles. The van der Waals surface area contributed by atoms with E-state index in [1.165, 1.54) is 11.3 Å². The maximum absolute atomic E-state index is 9.57. The van der Waals surface area contributed by atoms with E-state index < -0.39 is 8.32 Å². The SMILES string of the molecule is CC(C)(C)[Si](C)(C)Oc1csc(-c2nc3ccc(O)cc3s2)n1. The average molecular weight is 365 g/mol. The van der Waals surface area contributed by atoms with Gasteiger partial charge in [0.1, 0.15) is 5.75 Å². The fourth-order valence-corrected chi connectivity index (χ4v) is 4.60. The van der Waals surface area contributed by atoms with Gasteiger partial charge in [-0.1, -0.05) is 20.8 Å². The molecular weight excluding hydrogens is 344 g/mol. The van der Waals surface area contributed by atoms with Gasteiger partial charge < -0.3 is 9.53 Å². The Morgan fingerprint density at radius 2 is 1.87 bits per heavy atom. The lowest BCUT2D eigenvalue weighted by atomic mass is 10.2. The van der Waals surface area contributed by atoms with E-state index in [9.17, 15) is 5.11 Å². The van der Waals surface area contributed by atoms with Gasteiger partial charge in [0.05, 0.1) is 15.6 Å². The van der Waals surface area contributed by atoms with Gasteiger partial charge in [-0.25, -0.2) is 9.97 Å². The van der Waals surface area contributed by atoms with Crippen molar-refractivity contribution in [2.75, 3.05) is 0 Å². The molecule has 0 spiro atoms. The zero-order valence-corrected chi connectivity index (χ0v) is 16.5. The Hall–Kier alpha value is -1.44. The van der Waals surface area contributed by atoms with Gasteiger partial charge in [-0.15, -0.1) is 22.7 Å². The molecule has 0 bridgehead atoms. The third kappa shape index (κ3) is 3.27. The molecule has 1 aromatic carbocycles. The molecule has 7 heteroatoms. The Balaban J connectivity index is 1.89. The monoisotopic (exact) mass is 364 g/mol. The zero-order valence-electron chi connectivity index (χ0n) is 13.9. The first-order valence-electron chi connectivity index (χ1n) is 7.40. The van der Waals surface area contributed by atoms with E-state index in [0.717, 1.165) is 20.2 Å². The zero-order chi connectivity index (χ0) is 16.8. The number of rotatable bonds is 3. The molecule has 1 N–H and O–H groups in total. The number of benzene rings is 1. The maximum atomic E-state index is 9.57. The van der Waals surface area contributed by atoms with E-state index >= 15 is 0 Å². The van der Waals surface area contributed by atoms with Crippen molar-refractivity contribution >= 4 is 41.2 Å². The van der Waals surface area contributed by atoms with E-state index in [-0.39, 0.29) is 10.8 Å². The third-order valence-electron chi connectivity index (χ3n) is 4.20. The first kappa shape index (κ1) is 16.4. The van der Waals surface area contributed by atoms with Gasteiger partial charge in [0.25, 0.3) is 8.32 Å². The highest BCUT2D eigenvalue weighted by Gasteiger charge is 2.39. The average Bonchev–Trinajstić information content (AvgIpc) is 3.02. The van der Waals surface area contributed by atoms with E-state index in [1.54, 1.807) is 23.5 Å². The highest BCUT2D eigenvalue weighted by molar-refractivity contribution is 7.25. The number of aromatic hydroxyl groups is 1. The van der Waals surface area contributed by atoms with Gasteiger partial charge in [-0.05, 0) is 36.3 Å². The largest absolute Gasteiger partial charge is 0.530 e. The molecule has 2 heterocycles. The van der Waals surface area contributed by atoms with Crippen LogP contribution in [0, 0.1) is 0 Å². The Morgan fingerprint density at radius 3 is 2.57 bits per heavy atom. The molecule has 0 aliphatic carbocycles. The summed E-state index contributed by atoms with van der Waals surface area (Å²) >= 11 is 3.08. The topological polar surface area (TPSA) is 55.2 Å². The van der Waals surface area contributed by atoms with Crippen LogP contribution >= 0.6 is 22.7 Å². The number of phenolic OH excluding ortho intramolecular Hbond substituents is 1. The smallest absolute Gasteiger partial charge is 0.252 e. The summed E-state index contributed by atoms with van der Waals surface area (Å²) < 4.78 is 7.20. The second kappa shape index (κ2) is 5.57. The lowest BCUT2D eigenvalue weighted by Gasteiger charge is -2.35. The molecule has 0 aliphatic rings. The summed E-state index contributed by atoms with van der Waals surface area (Å²) in [5.41, 5.74) is 0.880. The van der Waals surface area contributed by atoms with Crippen molar-refractivity contribution in [2.45, 2.75) is 38.9 Å². The van der Waals surface area contributed by atoms with Crippen LogP contribution in [0.4, 0.5) is 0 Å². The van der Waals surface area contributed by atoms with Crippen molar-refractivity contribution in [1.82, 2.24) is 9.97 Å². The minimum Gasteiger partial charge on any atom is -0.530 e. The van der Waals surface area contributed by atoms with Gasteiger partial charge in [0, 0.05) is 0 Å². The first-order valence-corrected chi connectivity index (χ1v) is 12.0. The van der Waals surface area contributed by atoms with Gasteiger partial charge in [-0.2, -0.15) is 0 Å². The first-order chi connectivity index (χ1) is 10.7. The van der Waals surface area contributed by atoms with Crippen LogP contribution in [0.1, 0.15) is 20.8 Å². The summed E-state index contributed by atoms with van der Waals surface area (Å²) in [7, 11) is -1.88. The van der Waals surface area contributed by atoms with E-state index in [4.69, 9.17) is 4.43 Å². The van der Waals surface area contributed by atoms with E-state index in [2.05, 4.69) is 43.8 Å². The number of hydrogen-bond donors (Lipinski definition) is 1. The van der Waals surface area contributed by atoms with Crippen LogP contribution in [-0.4, -0.2) is 23.4 Å². The standard InChI is InChI=1S/C16H20N2O2S2Si/c1-16(2,3)23(4,5)20-13-9-21-14(18-13)15-17-11-7-6-10(19)8-12(11)22-15/h6-9,19H,1-5H3. The molecular formula is C16H20N2O2S2Si. The van der Waals surface area contributed by atoms with Crippen LogP contribution in [0.2, 0.25) is 18.1 Å². The van der Waals surface area contributed by atoms with Crippen molar-refractivity contribution in [3.05, 3.63) is 23.6 Å². The van der Waals surface area contributed by atoms with Crippen LogP contribution in [0.25, 0.3) is 20.2 Å². The molecule has 23 heavy (non-hydrogen) atoms. The van der Waals surface area contributed by atoms with Gasteiger partial charge in [0.15, 0.2) is 10.0 Å². The molecule has 3 aromatic rings. The normalized spacial score (nSPS) is 12.7. The molecule has 0 unspecified atom stereocenters. The van der Waals surface area contributed by atoms with Crippen LogP contribution in [0.5, 0.6) is 11.6 Å². The Labute approximate surface area is 144 Å². The number of thiazole rings is 2. The number of hydrogen-bond acceptors (Lipinski definition) is 6. The minimum atomic E-state index is -1.88. The summed E-state index contributed by atoms with van der Waals surface area (Å²) in [6.45, 7) is 11.1. The fraction of sp³-hybridized carbons (Fsp3) is 0.375. The fourth-order valence-electron chi connectivity index (χ4n) is 1.82. The molecule has 0 atom stereocenters. The summed E-state index contributed by atoms with van der Waals surface area (Å²) in [5, 5.41) is 13.4. The van der Waals surface area contributed by atoms with Gasteiger partial charge >= 0.3 is 0 Å². The van der Waals surface area contributed by atoms with Crippen LogP contribution in [0.3, 0.4) is 0 Å². The highest BCUT2D eigenvalue weighted by Crippen LogP contribution is 2.39. The van der Waals surface area contributed by atoms with Gasteiger partial charge in [-0.3, -0.25) is 0 Å². The van der Waals surface area contributed by atoms with E-state index in [1.807, 2.05) is 11.4 Å². The molecule has 0 radical (unpaired) electrons. The van der Waals surface area contributed by atoms with Crippen LogP contribution in [0.15, 0.2) is 23.6 Å². The van der Waals surface area contributed by atoms with Crippen LogP contribution < -0.4 is 4.43 Å². The predicted octanol–water partition coefficient (Wildman–Crippen LogP) is 5.51. The van der Waals surface area contributed by atoms with Crippen molar-refractivity contribution in [3.8, 4) is 21.6 Å². The summed E-state index contributed by atoms with van der Waals surface area (Å²) in [4.78, 5) is 9.21. The van der Waals surface area contributed by atoms with Crippen molar-refractivity contribution in [1.29, 1.82) is 0 Å². The molecule has 0 amide bonds. The number of fused-ring (bicyclic) bond motifs is 1. The predicted molar refractivity (Wildman–Crippen MR) is 100 cm³/mol. The Bertz CT molecular complexity index is 849. The molecule has 4 nitrogen and oxygen atoms in total. The number of phenols is 1. The lowest BCUT2D eigenvalue weighted by molar-refractivity contribution is 0.476. The van der Waals surface area contributed by atoms with Crippen molar-refractivity contribution in [2.24, 2.45) is 0 Å². The summed E-state index contributed by atoms with van der Waals surface area (Å²) in [5.74, 6) is 0.951. The summed E-state index contributed by atoms with van der Waals surface area (Å²) in [6, 6.07) is 5.21. The quantitative estimate of drug-likeness (QED) is 0.623. The molecule has 122 valence electrons. The molecule has 0 saturated heterocycles. The van der Waals surface area contributed by atoms with Crippen LogP contribution in [-0.2, 0) is 0 Å². The number of nitrogens with zero attached hydrogens (tertiary/aromatic N) is 2. The van der Waals surface area contributed by atoms with Crippen molar-refractivity contribution < 1.29 is 9.53 Å². The summed E-state index contributed by atoms with van der Waals surface area (Å²) in [6.07, 6.45) is 0. The van der Waals surface area contributed by atoms with E-state index in [0.29, 0.717) is 5.88 Å². The second-order valence-corrected chi connectivity index (χ2v) is 13.6. The third-order valence-corrected chi connectivity index (χ3v) is 10.5. The molecule has 0 aliphatic heterocycles. The molecule has 3 rings (SSSR count). The Kier molecular flexibility index (Phi) is 3.98. The molecule has 0 saturated carbocycles. The van der Waals surface area contributed by atoms with Gasteiger partial charge in [0.2, 0.25) is 5.88 Å². The molecule has 0 fully saturated rings. The second-order valence-electron chi connectivity index (χ2n) is 7.02.